The molecule has 0 radical (unpaired) electrons. The third-order valence-corrected chi connectivity index (χ3v) is 3.64. The van der Waals surface area contributed by atoms with Gasteiger partial charge in [0.05, 0.1) is 5.92 Å². The summed E-state index contributed by atoms with van der Waals surface area (Å²) in [6.07, 6.45) is 1.17. The molecule has 2 fully saturated rings. The minimum Gasteiger partial charge on any atom is -0.481 e. The molecular formula is C12H20N2O3. The molecule has 2 atom stereocenters. The maximum atomic E-state index is 12.1. The minimum atomic E-state index is -0.797. The number of aliphatic carboxylic acids is 1. The number of carbonyl (C=O) groups excluding carboxylic acids is 1. The molecule has 5 heteroatoms. The quantitative estimate of drug-likeness (QED) is 0.746. The average molecular weight is 240 g/mol. The summed E-state index contributed by atoms with van der Waals surface area (Å²) < 4.78 is 0. The largest absolute Gasteiger partial charge is 0.481 e. The lowest BCUT2D eigenvalue weighted by Gasteiger charge is -2.43. The van der Waals surface area contributed by atoms with E-state index in [2.05, 4.69) is 13.8 Å². The van der Waals surface area contributed by atoms with Crippen LogP contribution < -0.4 is 0 Å². The van der Waals surface area contributed by atoms with Crippen LogP contribution in [0.15, 0.2) is 0 Å². The van der Waals surface area contributed by atoms with E-state index in [1.54, 1.807) is 4.90 Å². The van der Waals surface area contributed by atoms with Gasteiger partial charge < -0.3 is 14.9 Å². The number of likely N-dealkylation sites (tertiary alicyclic amines) is 2. The number of carboxylic acids is 1. The number of piperidine rings is 1. The van der Waals surface area contributed by atoms with Crippen molar-refractivity contribution in [3.8, 4) is 0 Å². The predicted octanol–water partition coefficient (Wildman–Crippen LogP) is 1.10. The highest BCUT2D eigenvalue weighted by Crippen LogP contribution is 2.24. The third kappa shape index (κ3) is 2.53. The summed E-state index contributed by atoms with van der Waals surface area (Å²) >= 11 is 0. The monoisotopic (exact) mass is 240 g/mol. The van der Waals surface area contributed by atoms with Crippen LogP contribution in [0.1, 0.15) is 20.3 Å². The molecule has 96 valence electrons. The maximum Gasteiger partial charge on any atom is 0.320 e. The Hall–Kier alpha value is -1.26. The van der Waals surface area contributed by atoms with Crippen LogP contribution in [0.4, 0.5) is 4.79 Å². The molecule has 2 rings (SSSR count). The van der Waals surface area contributed by atoms with Gasteiger partial charge in [0.15, 0.2) is 0 Å². The first-order valence-electron chi connectivity index (χ1n) is 6.24. The summed E-state index contributed by atoms with van der Waals surface area (Å²) in [7, 11) is 0. The van der Waals surface area contributed by atoms with Gasteiger partial charge in [-0.15, -0.1) is 0 Å². The smallest absolute Gasteiger partial charge is 0.320 e. The second kappa shape index (κ2) is 4.55. The van der Waals surface area contributed by atoms with Crippen molar-refractivity contribution in [1.29, 1.82) is 0 Å². The highest BCUT2D eigenvalue weighted by atomic mass is 16.4. The van der Waals surface area contributed by atoms with Gasteiger partial charge >= 0.3 is 12.0 Å². The number of nitrogens with zero attached hydrogens (tertiary/aromatic N) is 2. The number of hydrogen-bond acceptors (Lipinski definition) is 2. The van der Waals surface area contributed by atoms with Crippen LogP contribution in [0.25, 0.3) is 0 Å². The molecule has 5 nitrogen and oxygen atoms in total. The van der Waals surface area contributed by atoms with Gasteiger partial charge in [-0.3, -0.25) is 4.79 Å². The summed E-state index contributed by atoms with van der Waals surface area (Å²) in [5, 5.41) is 8.78. The second-order valence-corrected chi connectivity index (χ2v) is 5.57. The molecule has 0 saturated carbocycles. The Labute approximate surface area is 101 Å². The van der Waals surface area contributed by atoms with Gasteiger partial charge in [-0.2, -0.15) is 0 Å². The van der Waals surface area contributed by atoms with E-state index in [0.717, 1.165) is 13.1 Å². The topological polar surface area (TPSA) is 60.9 Å². The summed E-state index contributed by atoms with van der Waals surface area (Å²) in [5.74, 6) is -0.0773. The second-order valence-electron chi connectivity index (χ2n) is 5.57. The molecule has 17 heavy (non-hydrogen) atoms. The van der Waals surface area contributed by atoms with Crippen molar-refractivity contribution in [3.63, 3.8) is 0 Å². The zero-order chi connectivity index (χ0) is 12.6. The lowest BCUT2D eigenvalue weighted by molar-refractivity contribution is -0.146. The van der Waals surface area contributed by atoms with Gasteiger partial charge in [0.1, 0.15) is 0 Å². The van der Waals surface area contributed by atoms with Crippen LogP contribution >= 0.6 is 0 Å². The fourth-order valence-corrected chi connectivity index (χ4v) is 2.81. The van der Waals surface area contributed by atoms with Gasteiger partial charge in [0, 0.05) is 26.2 Å². The molecule has 0 aliphatic carbocycles. The Morgan fingerprint density at radius 3 is 1.94 bits per heavy atom. The van der Waals surface area contributed by atoms with Gasteiger partial charge in [-0.25, -0.2) is 4.79 Å². The summed E-state index contributed by atoms with van der Waals surface area (Å²) in [6, 6.07) is 0.0147. The van der Waals surface area contributed by atoms with Crippen molar-refractivity contribution in [3.05, 3.63) is 0 Å². The highest BCUT2D eigenvalue weighted by molar-refractivity contribution is 5.80. The van der Waals surface area contributed by atoms with Gasteiger partial charge in [-0.1, -0.05) is 13.8 Å². The van der Waals surface area contributed by atoms with Crippen LogP contribution in [-0.4, -0.2) is 53.1 Å². The molecule has 1 N–H and O–H groups in total. The summed E-state index contributed by atoms with van der Waals surface area (Å²) in [5.41, 5.74) is 0. The first kappa shape index (κ1) is 12.2. The van der Waals surface area contributed by atoms with E-state index in [9.17, 15) is 9.59 Å². The van der Waals surface area contributed by atoms with Crippen LogP contribution in [-0.2, 0) is 4.79 Å². The van der Waals surface area contributed by atoms with E-state index in [-0.39, 0.29) is 11.9 Å². The van der Waals surface area contributed by atoms with E-state index < -0.39 is 5.97 Å². The molecule has 2 unspecified atom stereocenters. The molecule has 2 aliphatic rings. The molecular weight excluding hydrogens is 220 g/mol. The molecule has 0 aromatic carbocycles. The summed E-state index contributed by atoms with van der Waals surface area (Å²) in [6.45, 7) is 6.66. The van der Waals surface area contributed by atoms with Crippen molar-refractivity contribution in [2.24, 2.45) is 17.8 Å². The predicted molar refractivity (Wildman–Crippen MR) is 62.6 cm³/mol. The molecule has 0 spiro atoms. The van der Waals surface area contributed by atoms with Gasteiger partial charge in [0.2, 0.25) is 0 Å². The third-order valence-electron chi connectivity index (χ3n) is 3.64. The molecule has 2 heterocycles. The van der Waals surface area contributed by atoms with Crippen molar-refractivity contribution < 1.29 is 14.7 Å². The molecule has 2 aliphatic heterocycles. The Morgan fingerprint density at radius 2 is 1.47 bits per heavy atom. The number of urea groups is 1. The van der Waals surface area contributed by atoms with Crippen molar-refractivity contribution in [2.75, 3.05) is 26.2 Å². The average Bonchev–Trinajstić information content (AvgIpc) is 2.12. The van der Waals surface area contributed by atoms with E-state index in [0.29, 0.717) is 24.9 Å². The molecule has 2 amide bonds. The van der Waals surface area contributed by atoms with E-state index in [1.807, 2.05) is 4.90 Å². The highest BCUT2D eigenvalue weighted by Gasteiger charge is 2.38. The molecule has 0 aromatic rings. The lowest BCUT2D eigenvalue weighted by atomic mass is 9.92. The summed E-state index contributed by atoms with van der Waals surface area (Å²) in [4.78, 5) is 26.3. The first-order valence-corrected chi connectivity index (χ1v) is 6.24. The van der Waals surface area contributed by atoms with E-state index >= 15 is 0 Å². The van der Waals surface area contributed by atoms with Crippen LogP contribution in [0.2, 0.25) is 0 Å². The first-order chi connectivity index (χ1) is 7.97. The Kier molecular flexibility index (Phi) is 3.26. The number of rotatable bonds is 1. The van der Waals surface area contributed by atoms with Crippen molar-refractivity contribution in [1.82, 2.24) is 9.80 Å². The fourth-order valence-electron chi connectivity index (χ4n) is 2.81. The van der Waals surface area contributed by atoms with Crippen molar-refractivity contribution in [2.45, 2.75) is 20.3 Å². The minimum absolute atomic E-state index is 0.0147. The molecule has 0 bridgehead atoms. The number of amides is 2. The number of carboxylic acid groups (broad SMARTS) is 1. The SMILES string of the molecule is CC1CC(C)CN(C(=O)N2CC(C(=O)O)C2)C1. The van der Waals surface area contributed by atoms with Gasteiger partial charge in [0.25, 0.3) is 0 Å². The van der Waals surface area contributed by atoms with Crippen LogP contribution in [0.5, 0.6) is 0 Å². The zero-order valence-corrected chi connectivity index (χ0v) is 10.4. The Morgan fingerprint density at radius 1 is 1.00 bits per heavy atom. The normalized spacial score (nSPS) is 30.0. The Balaban J connectivity index is 1.86. The Bertz CT molecular complexity index is 316. The number of carbonyl (C=O) groups is 2. The standard InChI is InChI=1S/C12H20N2O3/c1-8-3-9(2)5-13(4-8)12(17)14-6-10(7-14)11(15)16/h8-10H,3-7H2,1-2H3,(H,15,16). The van der Waals surface area contributed by atoms with Gasteiger partial charge in [-0.05, 0) is 18.3 Å². The van der Waals surface area contributed by atoms with Crippen molar-refractivity contribution >= 4 is 12.0 Å². The van der Waals surface area contributed by atoms with Crippen LogP contribution in [0, 0.1) is 17.8 Å². The van der Waals surface area contributed by atoms with E-state index in [1.165, 1.54) is 6.42 Å². The van der Waals surface area contributed by atoms with Crippen LogP contribution in [0.3, 0.4) is 0 Å². The lowest BCUT2D eigenvalue weighted by Crippen LogP contribution is -2.58. The number of hydrogen-bond donors (Lipinski definition) is 1. The maximum absolute atomic E-state index is 12.1. The zero-order valence-electron chi connectivity index (χ0n) is 10.4. The molecule has 2 saturated heterocycles. The van der Waals surface area contributed by atoms with E-state index in [4.69, 9.17) is 5.11 Å². The fraction of sp³-hybridized carbons (Fsp3) is 0.833. The molecule has 0 aromatic heterocycles.